The van der Waals surface area contributed by atoms with Gasteiger partial charge in [-0.15, -0.1) is 0 Å². The van der Waals surface area contributed by atoms with Crippen LogP contribution in [0, 0.1) is 13.8 Å². The highest BCUT2D eigenvalue weighted by Gasteiger charge is 2.07. The Bertz CT molecular complexity index is 607. The van der Waals surface area contributed by atoms with E-state index >= 15 is 0 Å². The minimum atomic E-state index is -0.0777. The molecule has 2 nitrogen and oxygen atoms in total. The lowest BCUT2D eigenvalue weighted by atomic mass is 10.1. The van der Waals surface area contributed by atoms with Gasteiger partial charge in [-0.1, -0.05) is 34.1 Å². The fourth-order valence-electron chi connectivity index (χ4n) is 1.82. The first kappa shape index (κ1) is 13.8. The Kier molecular flexibility index (Phi) is 4.38. The van der Waals surface area contributed by atoms with E-state index in [1.807, 2.05) is 49.4 Å². The number of anilines is 1. The normalized spacial score (nSPS) is 10.3. The molecule has 0 spiro atoms. The molecule has 3 heteroatoms. The molecule has 0 unspecified atom stereocenters. The zero-order valence-corrected chi connectivity index (χ0v) is 12.6. The number of carbonyl (C=O) groups is 1. The predicted octanol–water partition coefficient (Wildman–Crippen LogP) is 4.45. The monoisotopic (exact) mass is 317 g/mol. The van der Waals surface area contributed by atoms with Crippen molar-refractivity contribution < 1.29 is 4.79 Å². The number of aryl methyl sites for hydroxylation is 2. The largest absolute Gasteiger partial charge is 0.322 e. The van der Waals surface area contributed by atoms with Crippen molar-refractivity contribution in [2.45, 2.75) is 19.2 Å². The molecule has 0 bridgehead atoms. The third-order valence-electron chi connectivity index (χ3n) is 3.11. The minimum absolute atomic E-state index is 0.0777. The van der Waals surface area contributed by atoms with Gasteiger partial charge in [-0.3, -0.25) is 4.79 Å². The summed E-state index contributed by atoms with van der Waals surface area (Å²) >= 11 is 3.39. The van der Waals surface area contributed by atoms with Gasteiger partial charge in [0.25, 0.3) is 5.91 Å². The van der Waals surface area contributed by atoms with Crippen molar-refractivity contribution in [3.63, 3.8) is 0 Å². The highest BCUT2D eigenvalue weighted by molar-refractivity contribution is 9.08. The van der Waals surface area contributed by atoms with E-state index in [4.69, 9.17) is 0 Å². The Morgan fingerprint density at radius 2 is 1.89 bits per heavy atom. The van der Waals surface area contributed by atoms with E-state index in [1.165, 1.54) is 11.1 Å². The van der Waals surface area contributed by atoms with Gasteiger partial charge in [-0.2, -0.15) is 0 Å². The molecule has 1 N–H and O–H groups in total. The van der Waals surface area contributed by atoms with Crippen LogP contribution in [0.25, 0.3) is 0 Å². The van der Waals surface area contributed by atoms with E-state index in [9.17, 15) is 4.79 Å². The number of hydrogen-bond donors (Lipinski definition) is 1. The Morgan fingerprint density at radius 3 is 2.58 bits per heavy atom. The number of amides is 1. The Labute approximate surface area is 122 Å². The molecule has 0 saturated carbocycles. The van der Waals surface area contributed by atoms with Crippen molar-refractivity contribution >= 4 is 27.5 Å². The molecule has 2 aromatic rings. The first-order chi connectivity index (χ1) is 9.10. The average molecular weight is 318 g/mol. The van der Waals surface area contributed by atoms with Crippen molar-refractivity contribution in [1.29, 1.82) is 0 Å². The summed E-state index contributed by atoms with van der Waals surface area (Å²) in [5.41, 5.74) is 4.99. The molecule has 0 aliphatic rings. The molecule has 98 valence electrons. The third kappa shape index (κ3) is 3.44. The summed E-state index contributed by atoms with van der Waals surface area (Å²) < 4.78 is 0. The molecular weight excluding hydrogens is 302 g/mol. The summed E-state index contributed by atoms with van der Waals surface area (Å²) in [7, 11) is 0. The summed E-state index contributed by atoms with van der Waals surface area (Å²) in [4.78, 5) is 12.2. The second-order valence-electron chi connectivity index (χ2n) is 4.59. The van der Waals surface area contributed by atoms with Crippen molar-refractivity contribution in [3.8, 4) is 0 Å². The lowest BCUT2D eigenvalue weighted by Gasteiger charge is -2.08. The fourth-order valence-corrected chi connectivity index (χ4v) is 2.17. The Morgan fingerprint density at radius 1 is 1.11 bits per heavy atom. The molecule has 0 saturated heterocycles. The summed E-state index contributed by atoms with van der Waals surface area (Å²) in [5, 5.41) is 3.67. The van der Waals surface area contributed by atoms with Gasteiger partial charge in [0.15, 0.2) is 0 Å². The van der Waals surface area contributed by atoms with Gasteiger partial charge in [0, 0.05) is 16.6 Å². The number of alkyl halides is 1. The smallest absolute Gasteiger partial charge is 0.255 e. The van der Waals surface area contributed by atoms with Gasteiger partial charge in [0.1, 0.15) is 0 Å². The predicted molar refractivity (Wildman–Crippen MR) is 82.9 cm³/mol. The second-order valence-corrected chi connectivity index (χ2v) is 5.15. The number of hydrogen-bond acceptors (Lipinski definition) is 1. The number of halogens is 1. The molecular formula is C16H16BrNO. The van der Waals surface area contributed by atoms with Gasteiger partial charge < -0.3 is 5.32 Å². The molecule has 0 heterocycles. The van der Waals surface area contributed by atoms with E-state index in [1.54, 1.807) is 0 Å². The molecule has 19 heavy (non-hydrogen) atoms. The molecule has 2 aromatic carbocycles. The fraction of sp³-hybridized carbons (Fsp3) is 0.188. The highest BCUT2D eigenvalue weighted by atomic mass is 79.9. The maximum absolute atomic E-state index is 12.2. The van der Waals surface area contributed by atoms with Gasteiger partial charge in [-0.05, 0) is 54.8 Å². The van der Waals surface area contributed by atoms with Crippen LogP contribution in [0.15, 0.2) is 42.5 Å². The summed E-state index contributed by atoms with van der Waals surface area (Å²) in [6.45, 7) is 4.09. The van der Waals surface area contributed by atoms with Crippen LogP contribution in [0.3, 0.4) is 0 Å². The third-order valence-corrected chi connectivity index (χ3v) is 3.76. The zero-order valence-electron chi connectivity index (χ0n) is 11.0. The Hall–Kier alpha value is -1.61. The molecule has 0 aliphatic heterocycles. The molecule has 0 aliphatic carbocycles. The summed E-state index contributed by atoms with van der Waals surface area (Å²) in [6, 6.07) is 13.5. The minimum Gasteiger partial charge on any atom is -0.322 e. The van der Waals surface area contributed by atoms with E-state index in [-0.39, 0.29) is 5.91 Å². The molecule has 0 fully saturated rings. The SMILES string of the molecule is Cc1ccc(NC(=O)c2cccc(CBr)c2)cc1C. The van der Waals surface area contributed by atoms with Crippen LogP contribution in [0.5, 0.6) is 0 Å². The maximum atomic E-state index is 12.2. The van der Waals surface area contributed by atoms with Gasteiger partial charge in [0.2, 0.25) is 0 Å². The van der Waals surface area contributed by atoms with Crippen molar-refractivity contribution in [2.75, 3.05) is 5.32 Å². The second kappa shape index (κ2) is 6.02. The van der Waals surface area contributed by atoms with E-state index in [0.29, 0.717) is 5.56 Å². The van der Waals surface area contributed by atoms with E-state index in [0.717, 1.165) is 16.6 Å². The molecule has 1 amide bonds. The van der Waals surface area contributed by atoms with Gasteiger partial charge in [0.05, 0.1) is 0 Å². The van der Waals surface area contributed by atoms with E-state index < -0.39 is 0 Å². The van der Waals surface area contributed by atoms with Crippen molar-refractivity contribution in [3.05, 3.63) is 64.7 Å². The standard InChI is InChI=1S/C16H16BrNO/c1-11-6-7-15(8-12(11)2)18-16(19)14-5-3-4-13(9-14)10-17/h3-9H,10H2,1-2H3,(H,18,19). The summed E-state index contributed by atoms with van der Waals surface area (Å²) in [5.74, 6) is -0.0777. The van der Waals surface area contributed by atoms with Crippen LogP contribution >= 0.6 is 15.9 Å². The first-order valence-corrected chi connectivity index (χ1v) is 7.26. The number of rotatable bonds is 3. The van der Waals surface area contributed by atoms with Crippen LogP contribution in [0.1, 0.15) is 27.0 Å². The van der Waals surface area contributed by atoms with E-state index in [2.05, 4.69) is 28.2 Å². The molecule has 2 rings (SSSR count). The van der Waals surface area contributed by atoms with Gasteiger partial charge >= 0.3 is 0 Å². The lowest BCUT2D eigenvalue weighted by molar-refractivity contribution is 0.102. The van der Waals surface area contributed by atoms with Gasteiger partial charge in [-0.25, -0.2) is 0 Å². The molecule has 0 aromatic heterocycles. The van der Waals surface area contributed by atoms with Crippen LogP contribution in [0.4, 0.5) is 5.69 Å². The van der Waals surface area contributed by atoms with Crippen LogP contribution in [0.2, 0.25) is 0 Å². The highest BCUT2D eigenvalue weighted by Crippen LogP contribution is 2.16. The lowest BCUT2D eigenvalue weighted by Crippen LogP contribution is -2.12. The van der Waals surface area contributed by atoms with Crippen molar-refractivity contribution in [2.24, 2.45) is 0 Å². The number of carbonyl (C=O) groups excluding carboxylic acids is 1. The average Bonchev–Trinajstić information content (AvgIpc) is 2.43. The summed E-state index contributed by atoms with van der Waals surface area (Å²) in [6.07, 6.45) is 0. The topological polar surface area (TPSA) is 29.1 Å². The number of nitrogens with one attached hydrogen (secondary N) is 1. The molecule has 0 atom stereocenters. The number of benzene rings is 2. The van der Waals surface area contributed by atoms with Crippen LogP contribution in [-0.4, -0.2) is 5.91 Å². The van der Waals surface area contributed by atoms with Crippen LogP contribution in [-0.2, 0) is 5.33 Å². The first-order valence-electron chi connectivity index (χ1n) is 6.13. The molecule has 0 radical (unpaired) electrons. The quantitative estimate of drug-likeness (QED) is 0.832. The Balaban J connectivity index is 2.18. The van der Waals surface area contributed by atoms with Crippen molar-refractivity contribution in [1.82, 2.24) is 0 Å². The van der Waals surface area contributed by atoms with Crippen LogP contribution < -0.4 is 5.32 Å². The maximum Gasteiger partial charge on any atom is 0.255 e. The zero-order chi connectivity index (χ0) is 13.8.